The molecule has 0 aromatic heterocycles. The van der Waals surface area contributed by atoms with E-state index in [-0.39, 0.29) is 0 Å². The Morgan fingerprint density at radius 1 is 0.737 bits per heavy atom. The molecule has 0 rings (SSSR count). The third kappa shape index (κ3) is 4.57. The molecule has 0 radical (unpaired) electrons. The quantitative estimate of drug-likeness (QED) is 0.356. The zero-order valence-corrected chi connectivity index (χ0v) is 11.1. The van der Waals surface area contributed by atoms with Crippen molar-refractivity contribution in [1.29, 1.82) is 0 Å². The number of ether oxygens (including phenoxy) is 4. The van der Waals surface area contributed by atoms with Crippen molar-refractivity contribution in [2.75, 3.05) is 28.4 Å². The Bertz CT molecular complexity index is 346. The van der Waals surface area contributed by atoms with Crippen LogP contribution < -0.4 is 0 Å². The summed E-state index contributed by atoms with van der Waals surface area (Å²) < 4.78 is 17.7. The summed E-state index contributed by atoms with van der Waals surface area (Å²) in [4.78, 5) is 46.0. The second kappa shape index (κ2) is 8.06. The Labute approximate surface area is 109 Å². The van der Waals surface area contributed by atoms with Crippen LogP contribution in [0.3, 0.4) is 0 Å². The molecular formula is C11H16O8. The van der Waals surface area contributed by atoms with Crippen LogP contribution in [-0.2, 0) is 38.1 Å². The first-order valence-corrected chi connectivity index (χ1v) is 5.23. The van der Waals surface area contributed by atoms with Gasteiger partial charge < -0.3 is 18.9 Å². The molecule has 108 valence electrons. The standard InChI is InChI=1S/C11H16O8/c1-16-7(12)5-6(9(13)17-2)8(10(14)18-3)11(15)19-4/h6,8H,5H2,1-4H3/t6-/m1/s1. The van der Waals surface area contributed by atoms with Crippen molar-refractivity contribution in [1.82, 2.24) is 0 Å². The Hall–Kier alpha value is -2.12. The maximum Gasteiger partial charge on any atom is 0.320 e. The van der Waals surface area contributed by atoms with Gasteiger partial charge in [0, 0.05) is 0 Å². The first kappa shape index (κ1) is 16.9. The average molecular weight is 276 g/mol. The fourth-order valence-electron chi connectivity index (χ4n) is 1.43. The lowest BCUT2D eigenvalue weighted by atomic mass is 9.89. The molecule has 0 spiro atoms. The number of hydrogen-bond acceptors (Lipinski definition) is 8. The van der Waals surface area contributed by atoms with Crippen molar-refractivity contribution in [2.24, 2.45) is 11.8 Å². The third-order valence-corrected chi connectivity index (χ3v) is 2.43. The highest BCUT2D eigenvalue weighted by molar-refractivity contribution is 6.00. The van der Waals surface area contributed by atoms with E-state index in [1.807, 2.05) is 0 Å². The molecule has 0 fully saturated rings. The third-order valence-electron chi connectivity index (χ3n) is 2.43. The van der Waals surface area contributed by atoms with Gasteiger partial charge in [-0.3, -0.25) is 19.2 Å². The van der Waals surface area contributed by atoms with Gasteiger partial charge in [0.15, 0.2) is 5.92 Å². The smallest absolute Gasteiger partial charge is 0.320 e. The van der Waals surface area contributed by atoms with E-state index in [0.29, 0.717) is 0 Å². The number of esters is 4. The fourth-order valence-corrected chi connectivity index (χ4v) is 1.43. The number of carbonyl (C=O) groups excluding carboxylic acids is 4. The van der Waals surface area contributed by atoms with Crippen molar-refractivity contribution in [3.05, 3.63) is 0 Å². The molecule has 8 nitrogen and oxygen atoms in total. The van der Waals surface area contributed by atoms with Crippen LogP contribution in [0, 0.1) is 11.8 Å². The number of methoxy groups -OCH3 is 4. The molecule has 0 amide bonds. The maximum absolute atomic E-state index is 11.6. The van der Waals surface area contributed by atoms with E-state index in [9.17, 15) is 19.2 Å². The summed E-state index contributed by atoms with van der Waals surface area (Å²) in [5, 5.41) is 0. The summed E-state index contributed by atoms with van der Waals surface area (Å²) in [6, 6.07) is 0. The molecule has 0 bridgehead atoms. The van der Waals surface area contributed by atoms with E-state index >= 15 is 0 Å². The Kier molecular flexibility index (Phi) is 7.16. The van der Waals surface area contributed by atoms with E-state index in [0.717, 1.165) is 28.4 Å². The van der Waals surface area contributed by atoms with Crippen LogP contribution in [0.15, 0.2) is 0 Å². The van der Waals surface area contributed by atoms with Crippen molar-refractivity contribution >= 4 is 23.9 Å². The summed E-state index contributed by atoms with van der Waals surface area (Å²) in [5.74, 6) is -6.62. The highest BCUT2D eigenvalue weighted by Crippen LogP contribution is 2.21. The zero-order valence-electron chi connectivity index (χ0n) is 11.1. The number of carbonyl (C=O) groups is 4. The van der Waals surface area contributed by atoms with E-state index in [4.69, 9.17) is 0 Å². The van der Waals surface area contributed by atoms with Gasteiger partial charge in [0.25, 0.3) is 0 Å². The van der Waals surface area contributed by atoms with Crippen LogP contribution in [0.25, 0.3) is 0 Å². The van der Waals surface area contributed by atoms with Crippen LogP contribution >= 0.6 is 0 Å². The average Bonchev–Trinajstić information content (AvgIpc) is 2.44. The van der Waals surface area contributed by atoms with Gasteiger partial charge >= 0.3 is 23.9 Å². The summed E-state index contributed by atoms with van der Waals surface area (Å²) in [7, 11) is 4.27. The molecule has 0 aromatic rings. The highest BCUT2D eigenvalue weighted by Gasteiger charge is 2.43. The first-order chi connectivity index (χ1) is 8.92. The minimum absolute atomic E-state index is 0.502. The summed E-state index contributed by atoms with van der Waals surface area (Å²) in [5.41, 5.74) is 0. The van der Waals surface area contributed by atoms with Gasteiger partial charge in [0.2, 0.25) is 0 Å². The minimum atomic E-state index is -1.58. The van der Waals surface area contributed by atoms with Crippen molar-refractivity contribution in [3.63, 3.8) is 0 Å². The molecule has 0 aliphatic rings. The lowest BCUT2D eigenvalue weighted by molar-refractivity contribution is -0.170. The molecule has 1 atom stereocenters. The second-order valence-electron chi connectivity index (χ2n) is 3.43. The monoisotopic (exact) mass is 276 g/mol. The Balaban J connectivity index is 5.34. The predicted octanol–water partition coefficient (Wildman–Crippen LogP) is -0.699. The molecule has 0 aliphatic heterocycles. The largest absolute Gasteiger partial charge is 0.469 e. The van der Waals surface area contributed by atoms with Crippen LogP contribution in [0.2, 0.25) is 0 Å². The second-order valence-corrected chi connectivity index (χ2v) is 3.43. The molecule has 19 heavy (non-hydrogen) atoms. The summed E-state index contributed by atoms with van der Waals surface area (Å²) >= 11 is 0. The van der Waals surface area contributed by atoms with Crippen molar-refractivity contribution in [3.8, 4) is 0 Å². The molecule has 0 N–H and O–H groups in total. The van der Waals surface area contributed by atoms with Gasteiger partial charge in [-0.25, -0.2) is 0 Å². The van der Waals surface area contributed by atoms with Crippen LogP contribution in [0.1, 0.15) is 6.42 Å². The maximum atomic E-state index is 11.6. The number of rotatable bonds is 6. The van der Waals surface area contributed by atoms with E-state index < -0.39 is 42.1 Å². The van der Waals surface area contributed by atoms with Gasteiger partial charge in [-0.15, -0.1) is 0 Å². The first-order valence-electron chi connectivity index (χ1n) is 5.23. The highest BCUT2D eigenvalue weighted by atomic mass is 16.5. The van der Waals surface area contributed by atoms with Gasteiger partial charge in [0.1, 0.15) is 0 Å². The molecule has 0 unspecified atom stereocenters. The van der Waals surface area contributed by atoms with Gasteiger partial charge in [-0.2, -0.15) is 0 Å². The summed E-state index contributed by atoms with van der Waals surface area (Å²) in [6.45, 7) is 0. The van der Waals surface area contributed by atoms with Crippen LogP contribution in [0.5, 0.6) is 0 Å². The normalized spacial score (nSPS) is 11.4. The van der Waals surface area contributed by atoms with E-state index in [1.165, 1.54) is 0 Å². The zero-order chi connectivity index (χ0) is 15.0. The SMILES string of the molecule is COC(=O)C[C@@H](C(=O)OC)C(C(=O)OC)C(=O)OC. The van der Waals surface area contributed by atoms with Gasteiger partial charge in [0.05, 0.1) is 40.8 Å². The Morgan fingerprint density at radius 2 is 1.16 bits per heavy atom. The Morgan fingerprint density at radius 3 is 1.47 bits per heavy atom. The van der Waals surface area contributed by atoms with Gasteiger partial charge in [-0.05, 0) is 0 Å². The van der Waals surface area contributed by atoms with E-state index in [2.05, 4.69) is 18.9 Å². The predicted molar refractivity (Wildman–Crippen MR) is 59.7 cm³/mol. The molecule has 8 heteroatoms. The molecular weight excluding hydrogens is 260 g/mol. The van der Waals surface area contributed by atoms with Gasteiger partial charge in [-0.1, -0.05) is 0 Å². The lowest BCUT2D eigenvalue weighted by Gasteiger charge is -2.20. The van der Waals surface area contributed by atoms with Crippen molar-refractivity contribution < 1.29 is 38.1 Å². The van der Waals surface area contributed by atoms with Crippen LogP contribution in [-0.4, -0.2) is 52.3 Å². The van der Waals surface area contributed by atoms with Crippen LogP contribution in [0.4, 0.5) is 0 Å². The molecule has 0 saturated carbocycles. The fraction of sp³-hybridized carbons (Fsp3) is 0.636. The van der Waals surface area contributed by atoms with E-state index in [1.54, 1.807) is 0 Å². The molecule has 0 saturated heterocycles. The molecule has 0 aliphatic carbocycles. The molecule has 0 aromatic carbocycles. The molecule has 0 heterocycles. The number of hydrogen-bond donors (Lipinski definition) is 0. The van der Waals surface area contributed by atoms with Crippen molar-refractivity contribution in [2.45, 2.75) is 6.42 Å². The topological polar surface area (TPSA) is 105 Å². The lowest BCUT2D eigenvalue weighted by Crippen LogP contribution is -2.39. The minimum Gasteiger partial charge on any atom is -0.469 e. The summed E-state index contributed by atoms with van der Waals surface area (Å²) in [6.07, 6.45) is -0.502.